The summed E-state index contributed by atoms with van der Waals surface area (Å²) in [5, 5.41) is 5.68. The standard InChI is InChI=1S/C17H26N4O3.2ClH/c1-13(12-18)16(22)20-15-4-2-14(3-5-15)17(23)19-6-7-21-8-10-24-11-9-21;;/h2-5,13H,6-12,18H2,1H3,(H,19,23)(H,20,22);2*1H. The molecule has 1 fully saturated rings. The van der Waals surface area contributed by atoms with Crippen LogP contribution in [0.25, 0.3) is 0 Å². The molecule has 0 aromatic heterocycles. The van der Waals surface area contributed by atoms with E-state index in [2.05, 4.69) is 15.5 Å². The fourth-order valence-electron chi connectivity index (χ4n) is 2.33. The van der Waals surface area contributed by atoms with Crippen LogP contribution in [-0.2, 0) is 9.53 Å². The Morgan fingerprint density at radius 1 is 1.19 bits per heavy atom. The number of carbonyl (C=O) groups is 2. The first-order valence-electron chi connectivity index (χ1n) is 8.29. The Balaban J connectivity index is 0.00000312. The molecule has 1 aromatic carbocycles. The van der Waals surface area contributed by atoms with E-state index in [4.69, 9.17) is 10.5 Å². The second-order valence-corrected chi connectivity index (χ2v) is 5.91. The van der Waals surface area contributed by atoms with Crippen molar-refractivity contribution in [3.05, 3.63) is 29.8 Å². The van der Waals surface area contributed by atoms with Gasteiger partial charge in [-0.1, -0.05) is 6.92 Å². The number of morpholine rings is 1. The number of halogens is 2. The van der Waals surface area contributed by atoms with E-state index in [0.717, 1.165) is 32.8 Å². The lowest BCUT2D eigenvalue weighted by Gasteiger charge is -2.26. The zero-order valence-corrected chi connectivity index (χ0v) is 16.5. The fraction of sp³-hybridized carbons (Fsp3) is 0.529. The summed E-state index contributed by atoms with van der Waals surface area (Å²) >= 11 is 0. The summed E-state index contributed by atoms with van der Waals surface area (Å²) in [6, 6.07) is 6.84. The van der Waals surface area contributed by atoms with Crippen LogP contribution in [0, 0.1) is 5.92 Å². The average Bonchev–Trinajstić information content (AvgIpc) is 2.62. The molecule has 0 saturated carbocycles. The van der Waals surface area contributed by atoms with Crippen molar-refractivity contribution in [3.63, 3.8) is 0 Å². The SMILES string of the molecule is CC(CN)C(=O)Nc1ccc(C(=O)NCCN2CCOCC2)cc1.Cl.Cl. The van der Waals surface area contributed by atoms with Gasteiger partial charge >= 0.3 is 0 Å². The van der Waals surface area contributed by atoms with Crippen LogP contribution in [0.15, 0.2) is 24.3 Å². The van der Waals surface area contributed by atoms with Gasteiger partial charge in [0.15, 0.2) is 0 Å². The molecule has 1 aromatic rings. The van der Waals surface area contributed by atoms with Gasteiger partial charge in [0.05, 0.1) is 13.2 Å². The number of anilines is 1. The van der Waals surface area contributed by atoms with Crippen LogP contribution in [0.3, 0.4) is 0 Å². The zero-order valence-electron chi connectivity index (χ0n) is 14.9. The first-order chi connectivity index (χ1) is 11.6. The van der Waals surface area contributed by atoms with E-state index < -0.39 is 0 Å². The van der Waals surface area contributed by atoms with Crippen LogP contribution >= 0.6 is 24.8 Å². The number of carbonyl (C=O) groups excluding carboxylic acids is 2. The third kappa shape index (κ3) is 7.88. The highest BCUT2D eigenvalue weighted by Crippen LogP contribution is 2.11. The molecule has 26 heavy (non-hydrogen) atoms. The minimum absolute atomic E-state index is 0. The van der Waals surface area contributed by atoms with Crippen molar-refractivity contribution in [2.75, 3.05) is 51.3 Å². The summed E-state index contributed by atoms with van der Waals surface area (Å²) < 4.78 is 5.29. The molecule has 0 spiro atoms. The van der Waals surface area contributed by atoms with Crippen molar-refractivity contribution in [1.29, 1.82) is 0 Å². The third-order valence-corrected chi connectivity index (χ3v) is 4.03. The lowest BCUT2D eigenvalue weighted by molar-refractivity contribution is -0.119. The highest BCUT2D eigenvalue weighted by Gasteiger charge is 2.12. The minimum atomic E-state index is -0.242. The molecule has 1 aliphatic rings. The van der Waals surface area contributed by atoms with Gasteiger partial charge in [-0.05, 0) is 24.3 Å². The molecule has 1 saturated heterocycles. The number of benzene rings is 1. The van der Waals surface area contributed by atoms with E-state index in [0.29, 0.717) is 24.3 Å². The van der Waals surface area contributed by atoms with Gasteiger partial charge in [0.25, 0.3) is 5.91 Å². The highest BCUT2D eigenvalue weighted by molar-refractivity contribution is 5.96. The van der Waals surface area contributed by atoms with Gasteiger partial charge < -0.3 is 21.1 Å². The quantitative estimate of drug-likeness (QED) is 0.630. The van der Waals surface area contributed by atoms with Crippen molar-refractivity contribution >= 4 is 42.3 Å². The summed E-state index contributed by atoms with van der Waals surface area (Å²) in [5.41, 5.74) is 6.70. The molecule has 2 rings (SSSR count). The maximum absolute atomic E-state index is 12.1. The van der Waals surface area contributed by atoms with Crippen molar-refractivity contribution in [3.8, 4) is 0 Å². The van der Waals surface area contributed by atoms with Crippen LogP contribution in [0.4, 0.5) is 5.69 Å². The Labute approximate surface area is 166 Å². The Bertz CT molecular complexity index is 551. The van der Waals surface area contributed by atoms with Crippen LogP contribution in [-0.4, -0.2) is 62.7 Å². The van der Waals surface area contributed by atoms with Gasteiger partial charge in [-0.3, -0.25) is 14.5 Å². The monoisotopic (exact) mass is 406 g/mol. The molecule has 1 aliphatic heterocycles. The largest absolute Gasteiger partial charge is 0.379 e. The second-order valence-electron chi connectivity index (χ2n) is 5.91. The number of nitrogens with two attached hydrogens (primary N) is 1. The summed E-state index contributed by atoms with van der Waals surface area (Å²) in [5.74, 6) is -0.482. The van der Waals surface area contributed by atoms with Crippen molar-refractivity contribution in [2.24, 2.45) is 11.7 Å². The Kier molecular flexibility index (Phi) is 12.2. The number of nitrogens with zero attached hydrogens (tertiary/aromatic N) is 1. The van der Waals surface area contributed by atoms with E-state index in [1.807, 2.05) is 0 Å². The normalized spacial score (nSPS) is 15.2. The predicted octanol–water partition coefficient (Wildman–Crippen LogP) is 1.13. The van der Waals surface area contributed by atoms with Gasteiger partial charge in [0.1, 0.15) is 0 Å². The summed E-state index contributed by atoms with van der Waals surface area (Å²) in [7, 11) is 0. The first kappa shape index (κ1) is 24.6. The number of ether oxygens (including phenoxy) is 1. The van der Waals surface area contributed by atoms with Crippen LogP contribution in [0.2, 0.25) is 0 Å². The molecule has 4 N–H and O–H groups in total. The Hall–Kier alpha value is -1.38. The van der Waals surface area contributed by atoms with Crippen molar-refractivity contribution < 1.29 is 14.3 Å². The molecule has 1 heterocycles. The van der Waals surface area contributed by atoms with Crippen LogP contribution in [0.1, 0.15) is 17.3 Å². The summed E-state index contributed by atoms with van der Waals surface area (Å²) in [6.45, 7) is 6.82. The molecule has 0 radical (unpaired) electrons. The number of amides is 2. The maximum Gasteiger partial charge on any atom is 0.251 e. The molecule has 1 unspecified atom stereocenters. The molecule has 148 valence electrons. The highest BCUT2D eigenvalue weighted by atomic mass is 35.5. The number of nitrogens with one attached hydrogen (secondary N) is 2. The summed E-state index contributed by atoms with van der Waals surface area (Å²) in [4.78, 5) is 26.2. The molecule has 2 amide bonds. The molecule has 9 heteroatoms. The second kappa shape index (κ2) is 12.9. The third-order valence-electron chi connectivity index (χ3n) is 4.03. The Morgan fingerprint density at radius 3 is 2.38 bits per heavy atom. The lowest BCUT2D eigenvalue weighted by Crippen LogP contribution is -2.41. The number of rotatable bonds is 7. The van der Waals surface area contributed by atoms with E-state index >= 15 is 0 Å². The molecular weight excluding hydrogens is 379 g/mol. The smallest absolute Gasteiger partial charge is 0.251 e. The number of hydrogen-bond donors (Lipinski definition) is 3. The van der Waals surface area contributed by atoms with Gasteiger partial charge in [-0.15, -0.1) is 24.8 Å². The fourth-order valence-corrected chi connectivity index (χ4v) is 2.33. The Morgan fingerprint density at radius 2 is 1.81 bits per heavy atom. The number of hydrogen-bond acceptors (Lipinski definition) is 5. The molecule has 0 bridgehead atoms. The molecule has 0 aliphatic carbocycles. The first-order valence-corrected chi connectivity index (χ1v) is 8.29. The van der Waals surface area contributed by atoms with Crippen LogP contribution < -0.4 is 16.4 Å². The lowest BCUT2D eigenvalue weighted by atomic mass is 10.1. The average molecular weight is 407 g/mol. The van der Waals surface area contributed by atoms with Gasteiger partial charge in [-0.25, -0.2) is 0 Å². The van der Waals surface area contributed by atoms with Gasteiger partial charge in [-0.2, -0.15) is 0 Å². The van der Waals surface area contributed by atoms with E-state index in [-0.39, 0.29) is 42.5 Å². The molecule has 7 nitrogen and oxygen atoms in total. The maximum atomic E-state index is 12.1. The van der Waals surface area contributed by atoms with Gasteiger partial charge in [0, 0.05) is 49.9 Å². The van der Waals surface area contributed by atoms with E-state index in [1.54, 1.807) is 31.2 Å². The topological polar surface area (TPSA) is 96.7 Å². The van der Waals surface area contributed by atoms with Crippen molar-refractivity contribution in [2.45, 2.75) is 6.92 Å². The van der Waals surface area contributed by atoms with Crippen molar-refractivity contribution in [1.82, 2.24) is 10.2 Å². The van der Waals surface area contributed by atoms with Crippen LogP contribution in [0.5, 0.6) is 0 Å². The van der Waals surface area contributed by atoms with E-state index in [1.165, 1.54) is 0 Å². The molecule has 1 atom stereocenters. The minimum Gasteiger partial charge on any atom is -0.379 e. The van der Waals surface area contributed by atoms with E-state index in [9.17, 15) is 9.59 Å². The van der Waals surface area contributed by atoms with Gasteiger partial charge in [0.2, 0.25) is 5.91 Å². The zero-order chi connectivity index (χ0) is 17.4. The predicted molar refractivity (Wildman–Crippen MR) is 107 cm³/mol. The summed E-state index contributed by atoms with van der Waals surface area (Å²) in [6.07, 6.45) is 0. The molecular formula is C17H28Cl2N4O3.